The number of hydrogen-bond acceptors (Lipinski definition) is 5. The fourth-order valence-corrected chi connectivity index (χ4v) is 2.26. The molecule has 20 heavy (non-hydrogen) atoms. The van der Waals surface area contributed by atoms with Crippen molar-refractivity contribution in [1.29, 1.82) is 0 Å². The molecule has 0 aliphatic heterocycles. The predicted molar refractivity (Wildman–Crippen MR) is 74.8 cm³/mol. The van der Waals surface area contributed by atoms with Gasteiger partial charge in [-0.05, 0) is 31.7 Å². The van der Waals surface area contributed by atoms with Gasteiger partial charge in [-0.3, -0.25) is 10.1 Å². The molecule has 2 N–H and O–H groups in total. The molecule has 6 nitrogen and oxygen atoms in total. The van der Waals surface area contributed by atoms with E-state index in [1.54, 1.807) is 19.1 Å². The van der Waals surface area contributed by atoms with Crippen molar-refractivity contribution in [2.24, 2.45) is 0 Å². The number of ether oxygens (including phenoxy) is 1. The van der Waals surface area contributed by atoms with Crippen molar-refractivity contribution < 1.29 is 23.1 Å². The number of hydrogen-bond donors (Lipinski definition) is 2. The van der Waals surface area contributed by atoms with Crippen molar-refractivity contribution in [3.63, 3.8) is 0 Å². The summed E-state index contributed by atoms with van der Waals surface area (Å²) in [6, 6.07) is 5.98. The molecule has 0 aromatic heterocycles. The largest absolute Gasteiger partial charge is 0.491 e. The van der Waals surface area contributed by atoms with E-state index in [4.69, 9.17) is 4.74 Å². The molecule has 0 saturated carbocycles. The average molecular weight is 301 g/mol. The second kappa shape index (κ2) is 6.23. The number of nitrogens with one attached hydrogen (secondary N) is 1. The van der Waals surface area contributed by atoms with Crippen molar-refractivity contribution in [3.8, 4) is 5.75 Å². The van der Waals surface area contributed by atoms with Crippen LogP contribution in [-0.4, -0.2) is 44.4 Å². The van der Waals surface area contributed by atoms with Crippen LogP contribution in [0.2, 0.25) is 0 Å². The minimum absolute atomic E-state index is 0.108. The Morgan fingerprint density at radius 1 is 1.45 bits per heavy atom. The lowest BCUT2D eigenvalue weighted by Gasteiger charge is -2.25. The summed E-state index contributed by atoms with van der Waals surface area (Å²) >= 11 is 0. The molecule has 1 aromatic rings. The van der Waals surface area contributed by atoms with E-state index >= 15 is 0 Å². The Kier molecular flexibility index (Phi) is 5.13. The fraction of sp³-hybridized carbons (Fsp3) is 0.462. The van der Waals surface area contributed by atoms with Gasteiger partial charge in [-0.2, -0.15) is 0 Å². The highest BCUT2D eigenvalue weighted by atomic mass is 32.2. The summed E-state index contributed by atoms with van der Waals surface area (Å²) in [5, 5.41) is 12.0. The zero-order valence-electron chi connectivity index (χ0n) is 11.7. The lowest BCUT2D eigenvalue weighted by molar-refractivity contribution is -0.145. The first-order chi connectivity index (χ1) is 9.19. The smallest absolute Gasteiger partial charge is 0.327 e. The molecule has 0 fully saturated rings. The van der Waals surface area contributed by atoms with Crippen LogP contribution in [-0.2, 0) is 14.6 Å². The van der Waals surface area contributed by atoms with E-state index in [1.807, 2.05) is 0 Å². The summed E-state index contributed by atoms with van der Waals surface area (Å²) in [6.45, 7) is 3.68. The van der Waals surface area contributed by atoms with Crippen LogP contribution in [0.5, 0.6) is 5.75 Å². The zero-order valence-corrected chi connectivity index (χ0v) is 12.5. The Morgan fingerprint density at radius 2 is 2.10 bits per heavy atom. The van der Waals surface area contributed by atoms with Crippen LogP contribution in [0.4, 0.5) is 0 Å². The average Bonchev–Trinajstić information content (AvgIpc) is 2.36. The molecule has 112 valence electrons. The van der Waals surface area contributed by atoms with Gasteiger partial charge < -0.3 is 9.84 Å². The lowest BCUT2D eigenvalue weighted by atomic mass is 10.0. The predicted octanol–water partition coefficient (Wildman–Crippen LogP) is 0.922. The first kappa shape index (κ1) is 16.5. The molecule has 0 radical (unpaired) electrons. The van der Waals surface area contributed by atoms with Crippen LogP contribution in [0.15, 0.2) is 29.2 Å². The number of aliphatic carboxylic acids is 1. The maximum atomic E-state index is 11.4. The van der Waals surface area contributed by atoms with E-state index in [0.29, 0.717) is 12.3 Å². The summed E-state index contributed by atoms with van der Waals surface area (Å²) in [5.41, 5.74) is -1.23. The van der Waals surface area contributed by atoms with E-state index in [1.165, 1.54) is 19.1 Å². The Hall–Kier alpha value is -1.60. The van der Waals surface area contributed by atoms with Crippen molar-refractivity contribution in [3.05, 3.63) is 24.3 Å². The second-order valence-corrected chi connectivity index (χ2v) is 6.72. The molecule has 0 bridgehead atoms. The van der Waals surface area contributed by atoms with Crippen molar-refractivity contribution >= 4 is 15.8 Å². The highest BCUT2D eigenvalue weighted by Gasteiger charge is 2.33. The zero-order chi connectivity index (χ0) is 15.4. The molecule has 1 rings (SSSR count). The van der Waals surface area contributed by atoms with E-state index in [-0.39, 0.29) is 11.5 Å². The molecule has 1 aromatic carbocycles. The van der Waals surface area contributed by atoms with Crippen LogP contribution in [0.1, 0.15) is 13.8 Å². The molecule has 0 saturated heterocycles. The molecular formula is C13H19NO5S. The van der Waals surface area contributed by atoms with Crippen molar-refractivity contribution in [2.45, 2.75) is 24.3 Å². The van der Waals surface area contributed by atoms with Gasteiger partial charge in [-0.25, -0.2) is 8.42 Å². The van der Waals surface area contributed by atoms with Crippen LogP contribution < -0.4 is 10.1 Å². The van der Waals surface area contributed by atoms with E-state index < -0.39 is 21.3 Å². The van der Waals surface area contributed by atoms with Crippen LogP contribution >= 0.6 is 0 Å². The molecule has 0 aliphatic rings. The number of carboxylic acids is 1. The minimum Gasteiger partial charge on any atom is -0.491 e. The number of benzene rings is 1. The van der Waals surface area contributed by atoms with Crippen LogP contribution in [0, 0.1) is 0 Å². The minimum atomic E-state index is -3.32. The van der Waals surface area contributed by atoms with Crippen LogP contribution in [0.25, 0.3) is 0 Å². The van der Waals surface area contributed by atoms with Gasteiger partial charge in [0.1, 0.15) is 17.9 Å². The number of sulfone groups is 1. The standard InChI is InChI=1S/C13H19NO5S/c1-4-14-13(2,12(15)16)9-19-10-6-5-7-11(8-10)20(3,17)18/h5-8,14H,4,9H2,1-3H3,(H,15,16). The number of carbonyl (C=O) groups is 1. The Bertz CT molecular complexity index is 584. The van der Waals surface area contributed by atoms with E-state index in [0.717, 1.165) is 6.26 Å². The molecule has 0 amide bonds. The van der Waals surface area contributed by atoms with E-state index in [2.05, 4.69) is 5.32 Å². The topological polar surface area (TPSA) is 92.7 Å². The van der Waals surface area contributed by atoms with Crippen molar-refractivity contribution in [1.82, 2.24) is 5.32 Å². The fourth-order valence-electron chi connectivity index (χ4n) is 1.60. The Morgan fingerprint density at radius 3 is 2.60 bits per heavy atom. The maximum Gasteiger partial charge on any atom is 0.327 e. The summed E-state index contributed by atoms with van der Waals surface area (Å²) in [7, 11) is -3.32. The van der Waals surface area contributed by atoms with Gasteiger partial charge in [0.05, 0.1) is 4.90 Å². The molecule has 0 aliphatic carbocycles. The Balaban J connectivity index is 2.87. The molecular weight excluding hydrogens is 282 g/mol. The van der Waals surface area contributed by atoms with Gasteiger partial charge in [-0.15, -0.1) is 0 Å². The number of carboxylic acid groups (broad SMARTS) is 1. The maximum absolute atomic E-state index is 11.4. The second-order valence-electron chi connectivity index (χ2n) is 4.70. The molecule has 7 heteroatoms. The number of rotatable bonds is 7. The Labute approximate surface area is 118 Å². The summed E-state index contributed by atoms with van der Waals surface area (Å²) < 4.78 is 28.3. The normalized spacial score (nSPS) is 14.6. The highest BCUT2D eigenvalue weighted by molar-refractivity contribution is 7.90. The van der Waals surface area contributed by atoms with Gasteiger partial charge in [0.15, 0.2) is 9.84 Å². The van der Waals surface area contributed by atoms with Crippen molar-refractivity contribution in [2.75, 3.05) is 19.4 Å². The molecule has 0 heterocycles. The third-order valence-corrected chi connectivity index (χ3v) is 3.91. The molecule has 1 atom stereocenters. The molecule has 1 unspecified atom stereocenters. The molecule has 0 spiro atoms. The quantitative estimate of drug-likeness (QED) is 0.778. The summed E-state index contributed by atoms with van der Waals surface area (Å²) in [5.74, 6) is -0.711. The van der Waals surface area contributed by atoms with Gasteiger partial charge in [0, 0.05) is 6.26 Å². The highest BCUT2D eigenvalue weighted by Crippen LogP contribution is 2.18. The monoisotopic (exact) mass is 301 g/mol. The first-order valence-corrected chi connectivity index (χ1v) is 7.99. The third-order valence-electron chi connectivity index (χ3n) is 2.80. The van der Waals surface area contributed by atoms with Gasteiger partial charge in [-0.1, -0.05) is 13.0 Å². The summed E-state index contributed by atoms with van der Waals surface area (Å²) in [6.07, 6.45) is 1.10. The van der Waals surface area contributed by atoms with Crippen LogP contribution in [0.3, 0.4) is 0 Å². The SMILES string of the molecule is CCNC(C)(COc1cccc(S(C)(=O)=O)c1)C(=O)O. The van der Waals surface area contributed by atoms with E-state index in [9.17, 15) is 18.3 Å². The third kappa shape index (κ3) is 4.21. The van der Waals surface area contributed by atoms with Gasteiger partial charge in [0.25, 0.3) is 0 Å². The van der Waals surface area contributed by atoms with Gasteiger partial charge in [0.2, 0.25) is 0 Å². The lowest BCUT2D eigenvalue weighted by Crippen LogP contribution is -2.53. The van der Waals surface area contributed by atoms with Gasteiger partial charge >= 0.3 is 5.97 Å². The first-order valence-electron chi connectivity index (χ1n) is 6.10. The summed E-state index contributed by atoms with van der Waals surface area (Å²) in [4.78, 5) is 11.4. The number of likely N-dealkylation sites (N-methyl/N-ethyl adjacent to an activating group) is 1.